The van der Waals surface area contributed by atoms with Crippen molar-refractivity contribution in [3.8, 4) is 17.0 Å². The third-order valence-corrected chi connectivity index (χ3v) is 6.02. The molecule has 2 amide bonds. The fourth-order valence-electron chi connectivity index (χ4n) is 3.97. The standard InChI is InChI=1S/C25H27BrN4O3/c1-16(2)30-24-20-13-19(26)9-10-22(20)33-15-21(24)23(28-30)25(32)29(12-11-27-17(3)31)14-18-7-5-4-6-8-18/h4-10,13,16H,11-12,14-15H2,1-3H3,(H,27,31). The normalized spacial score (nSPS) is 12.0. The highest BCUT2D eigenvalue weighted by atomic mass is 79.9. The second kappa shape index (κ2) is 9.79. The first kappa shape index (κ1) is 23.0. The maximum atomic E-state index is 13.8. The Kier molecular flexibility index (Phi) is 6.83. The molecule has 8 heteroatoms. The lowest BCUT2D eigenvalue weighted by molar-refractivity contribution is -0.119. The van der Waals surface area contributed by atoms with E-state index in [9.17, 15) is 9.59 Å². The molecule has 0 saturated heterocycles. The van der Waals surface area contributed by atoms with E-state index in [0.717, 1.165) is 32.6 Å². The first-order valence-corrected chi connectivity index (χ1v) is 11.8. The lowest BCUT2D eigenvalue weighted by atomic mass is 10.0. The molecule has 1 aromatic heterocycles. The van der Waals surface area contributed by atoms with Gasteiger partial charge in [-0.05, 0) is 37.6 Å². The van der Waals surface area contributed by atoms with Crippen molar-refractivity contribution in [3.05, 3.63) is 69.8 Å². The Labute approximate surface area is 201 Å². The van der Waals surface area contributed by atoms with E-state index < -0.39 is 0 Å². The van der Waals surface area contributed by atoms with Crippen molar-refractivity contribution in [2.24, 2.45) is 0 Å². The zero-order valence-electron chi connectivity index (χ0n) is 19.0. The van der Waals surface area contributed by atoms with Gasteiger partial charge >= 0.3 is 0 Å². The van der Waals surface area contributed by atoms with Gasteiger partial charge in [-0.3, -0.25) is 14.3 Å². The van der Waals surface area contributed by atoms with Crippen LogP contribution in [0, 0.1) is 0 Å². The minimum atomic E-state index is -0.179. The van der Waals surface area contributed by atoms with Crippen molar-refractivity contribution in [3.63, 3.8) is 0 Å². The predicted octanol–water partition coefficient (Wildman–Crippen LogP) is 4.56. The fraction of sp³-hybridized carbons (Fsp3) is 0.320. The highest BCUT2D eigenvalue weighted by molar-refractivity contribution is 9.10. The number of carbonyl (C=O) groups excluding carboxylic acids is 2. The van der Waals surface area contributed by atoms with Crippen molar-refractivity contribution in [2.75, 3.05) is 13.1 Å². The molecular formula is C25H27BrN4O3. The van der Waals surface area contributed by atoms with E-state index in [1.54, 1.807) is 4.90 Å². The zero-order chi connectivity index (χ0) is 23.5. The Morgan fingerprint density at radius 3 is 2.67 bits per heavy atom. The van der Waals surface area contributed by atoms with Gasteiger partial charge in [0.05, 0.1) is 5.69 Å². The lowest BCUT2D eigenvalue weighted by Crippen LogP contribution is -2.38. The van der Waals surface area contributed by atoms with Crippen LogP contribution in [0.15, 0.2) is 53.0 Å². The maximum Gasteiger partial charge on any atom is 0.275 e. The minimum absolute atomic E-state index is 0.0622. The van der Waals surface area contributed by atoms with Crippen LogP contribution in [0.4, 0.5) is 0 Å². The van der Waals surface area contributed by atoms with Gasteiger partial charge in [0, 0.05) is 48.2 Å². The Morgan fingerprint density at radius 1 is 1.21 bits per heavy atom. The van der Waals surface area contributed by atoms with Gasteiger partial charge in [-0.2, -0.15) is 5.10 Å². The van der Waals surface area contributed by atoms with Gasteiger partial charge < -0.3 is 15.0 Å². The SMILES string of the molecule is CC(=O)NCCN(Cc1ccccc1)C(=O)c1nn(C(C)C)c2c1COc1ccc(Br)cc1-2. The molecule has 0 bridgehead atoms. The summed E-state index contributed by atoms with van der Waals surface area (Å²) < 4.78 is 8.84. The van der Waals surface area contributed by atoms with Gasteiger partial charge in [-0.25, -0.2) is 0 Å². The third kappa shape index (κ3) is 4.95. The van der Waals surface area contributed by atoms with Crippen LogP contribution in [-0.4, -0.2) is 39.6 Å². The topological polar surface area (TPSA) is 76.5 Å². The number of amides is 2. The number of carbonyl (C=O) groups is 2. The van der Waals surface area contributed by atoms with Crippen molar-refractivity contribution in [1.82, 2.24) is 20.0 Å². The van der Waals surface area contributed by atoms with Gasteiger partial charge in [-0.1, -0.05) is 46.3 Å². The molecule has 0 radical (unpaired) electrons. The third-order valence-electron chi connectivity index (χ3n) is 5.53. The average molecular weight is 511 g/mol. The number of fused-ring (bicyclic) bond motifs is 3. The number of nitrogens with one attached hydrogen (secondary N) is 1. The quantitative estimate of drug-likeness (QED) is 0.505. The highest BCUT2D eigenvalue weighted by Crippen LogP contribution is 2.41. The summed E-state index contributed by atoms with van der Waals surface area (Å²) in [5.41, 5.74) is 4.02. The van der Waals surface area contributed by atoms with Crippen LogP contribution in [0.25, 0.3) is 11.3 Å². The summed E-state index contributed by atoms with van der Waals surface area (Å²) >= 11 is 3.55. The highest BCUT2D eigenvalue weighted by Gasteiger charge is 2.32. The molecule has 1 N–H and O–H groups in total. The van der Waals surface area contributed by atoms with Crippen LogP contribution in [0.3, 0.4) is 0 Å². The lowest BCUT2D eigenvalue weighted by Gasteiger charge is -2.24. The first-order valence-electron chi connectivity index (χ1n) is 11.0. The Morgan fingerprint density at radius 2 is 1.97 bits per heavy atom. The summed E-state index contributed by atoms with van der Waals surface area (Å²) in [6.45, 7) is 7.01. The molecule has 7 nitrogen and oxygen atoms in total. The van der Waals surface area contributed by atoms with Crippen LogP contribution >= 0.6 is 15.9 Å². The monoisotopic (exact) mass is 510 g/mol. The van der Waals surface area contributed by atoms with Gasteiger partial charge in [0.1, 0.15) is 12.4 Å². The number of ether oxygens (including phenoxy) is 1. The number of halogens is 1. The molecule has 0 fully saturated rings. The number of nitrogens with zero attached hydrogens (tertiary/aromatic N) is 3. The molecule has 4 rings (SSSR count). The number of hydrogen-bond donors (Lipinski definition) is 1. The summed E-state index contributed by atoms with van der Waals surface area (Å²) in [6, 6.07) is 15.7. The Balaban J connectivity index is 1.73. The van der Waals surface area contributed by atoms with Gasteiger partial charge in [0.15, 0.2) is 5.69 Å². The minimum Gasteiger partial charge on any atom is -0.488 e. The molecule has 0 spiro atoms. The Bertz CT molecular complexity index is 1170. The molecule has 1 aliphatic heterocycles. The van der Waals surface area contributed by atoms with E-state index in [-0.39, 0.29) is 24.5 Å². The molecule has 1 aliphatic rings. The van der Waals surface area contributed by atoms with Crippen LogP contribution in [-0.2, 0) is 17.9 Å². The molecule has 0 atom stereocenters. The predicted molar refractivity (Wildman–Crippen MR) is 130 cm³/mol. The van der Waals surface area contributed by atoms with E-state index in [1.165, 1.54) is 6.92 Å². The van der Waals surface area contributed by atoms with Crippen LogP contribution in [0.5, 0.6) is 5.75 Å². The van der Waals surface area contributed by atoms with E-state index >= 15 is 0 Å². The van der Waals surface area contributed by atoms with Crippen molar-refractivity contribution in [2.45, 2.75) is 40.0 Å². The number of rotatable bonds is 7. The zero-order valence-corrected chi connectivity index (χ0v) is 20.6. The first-order chi connectivity index (χ1) is 15.8. The average Bonchev–Trinajstić information content (AvgIpc) is 3.19. The molecule has 33 heavy (non-hydrogen) atoms. The second-order valence-corrected chi connectivity index (χ2v) is 9.25. The second-order valence-electron chi connectivity index (χ2n) is 8.34. The maximum absolute atomic E-state index is 13.8. The summed E-state index contributed by atoms with van der Waals surface area (Å²) in [5.74, 6) is 0.472. The largest absolute Gasteiger partial charge is 0.488 e. The van der Waals surface area contributed by atoms with Crippen molar-refractivity contribution >= 4 is 27.7 Å². The molecule has 2 heterocycles. The van der Waals surface area contributed by atoms with Gasteiger partial charge in [0.25, 0.3) is 5.91 Å². The summed E-state index contributed by atoms with van der Waals surface area (Å²) in [7, 11) is 0. The number of benzene rings is 2. The summed E-state index contributed by atoms with van der Waals surface area (Å²) in [5, 5.41) is 7.55. The van der Waals surface area contributed by atoms with Crippen LogP contribution in [0.2, 0.25) is 0 Å². The number of aromatic nitrogens is 2. The molecule has 3 aromatic rings. The van der Waals surface area contributed by atoms with Crippen LogP contribution < -0.4 is 10.1 Å². The molecule has 0 saturated carbocycles. The molecular weight excluding hydrogens is 484 g/mol. The molecule has 0 aliphatic carbocycles. The molecule has 172 valence electrons. The smallest absolute Gasteiger partial charge is 0.275 e. The van der Waals surface area contributed by atoms with E-state index in [0.29, 0.717) is 25.3 Å². The van der Waals surface area contributed by atoms with Crippen molar-refractivity contribution < 1.29 is 14.3 Å². The summed E-state index contributed by atoms with van der Waals surface area (Å²) in [6.07, 6.45) is 0. The van der Waals surface area contributed by atoms with E-state index in [2.05, 4.69) is 21.2 Å². The Hall–Kier alpha value is -3.13. The molecule has 2 aromatic carbocycles. The van der Waals surface area contributed by atoms with Crippen LogP contribution in [0.1, 0.15) is 48.4 Å². The number of hydrogen-bond acceptors (Lipinski definition) is 4. The summed E-state index contributed by atoms with van der Waals surface area (Å²) in [4.78, 5) is 26.9. The van der Waals surface area contributed by atoms with Gasteiger partial charge in [-0.15, -0.1) is 0 Å². The van der Waals surface area contributed by atoms with E-state index in [1.807, 2.05) is 67.1 Å². The fourth-order valence-corrected chi connectivity index (χ4v) is 4.33. The van der Waals surface area contributed by atoms with Gasteiger partial charge in [0.2, 0.25) is 5.91 Å². The molecule has 0 unspecified atom stereocenters. The van der Waals surface area contributed by atoms with E-state index in [4.69, 9.17) is 9.84 Å². The van der Waals surface area contributed by atoms with Crippen molar-refractivity contribution in [1.29, 1.82) is 0 Å².